The lowest BCUT2D eigenvalue weighted by Gasteiger charge is -2.52. The minimum Gasteiger partial charge on any atom is -0.458 e. The number of Topliss-reactive ketones (excluding diaryl/α,β-unsaturated/α-hetero) is 1. The van der Waals surface area contributed by atoms with Gasteiger partial charge in [0.1, 0.15) is 16.8 Å². The Hall–Kier alpha value is -1.37. The van der Waals surface area contributed by atoms with Crippen LogP contribution in [-0.4, -0.2) is 17.4 Å². The average molecular weight is 261 g/mol. The standard InChI is InChI=1S/C15H19NO3/c1-12(2)6-5-10(17)14(4)13(3)7-9(8-16)15(12,14)11(18)19-13/h9H,5-7H2,1-4H3/t9-,13-,14-,15-/m0/s1. The molecule has 0 radical (unpaired) electrons. The van der Waals surface area contributed by atoms with Crippen molar-refractivity contribution in [2.75, 3.05) is 0 Å². The second-order valence-corrected chi connectivity index (χ2v) is 7.25. The van der Waals surface area contributed by atoms with Gasteiger partial charge >= 0.3 is 5.97 Å². The Morgan fingerprint density at radius 1 is 1.26 bits per heavy atom. The van der Waals surface area contributed by atoms with Gasteiger partial charge in [-0.25, -0.2) is 0 Å². The van der Waals surface area contributed by atoms with Crippen LogP contribution in [0, 0.1) is 33.5 Å². The van der Waals surface area contributed by atoms with Crippen LogP contribution in [0.3, 0.4) is 0 Å². The summed E-state index contributed by atoms with van der Waals surface area (Å²) in [6.07, 6.45) is 1.58. The van der Waals surface area contributed by atoms with Gasteiger partial charge in [-0.05, 0) is 25.7 Å². The summed E-state index contributed by atoms with van der Waals surface area (Å²) in [7, 11) is 0. The molecular formula is C15H19NO3. The third kappa shape index (κ3) is 0.937. The van der Waals surface area contributed by atoms with Crippen molar-refractivity contribution in [1.29, 1.82) is 5.26 Å². The molecule has 1 saturated heterocycles. The van der Waals surface area contributed by atoms with Crippen molar-refractivity contribution in [3.63, 3.8) is 0 Å². The maximum atomic E-state index is 12.6. The van der Waals surface area contributed by atoms with Gasteiger partial charge in [0.05, 0.1) is 17.4 Å². The fourth-order valence-corrected chi connectivity index (χ4v) is 5.24. The molecule has 3 fully saturated rings. The van der Waals surface area contributed by atoms with Crippen LogP contribution in [0.5, 0.6) is 0 Å². The molecule has 0 N–H and O–H groups in total. The van der Waals surface area contributed by atoms with Crippen molar-refractivity contribution >= 4 is 11.8 Å². The maximum absolute atomic E-state index is 12.6. The number of hydrogen-bond acceptors (Lipinski definition) is 4. The van der Waals surface area contributed by atoms with Crippen molar-refractivity contribution < 1.29 is 14.3 Å². The van der Waals surface area contributed by atoms with Gasteiger partial charge in [0, 0.05) is 12.8 Å². The smallest absolute Gasteiger partial charge is 0.315 e. The predicted molar refractivity (Wildman–Crippen MR) is 66.8 cm³/mol. The first kappa shape index (κ1) is 12.7. The number of ether oxygens (including phenoxy) is 1. The third-order valence-corrected chi connectivity index (χ3v) is 6.36. The zero-order valence-electron chi connectivity index (χ0n) is 11.9. The van der Waals surface area contributed by atoms with Crippen LogP contribution in [0.15, 0.2) is 0 Å². The first-order valence-corrected chi connectivity index (χ1v) is 6.84. The van der Waals surface area contributed by atoms with Gasteiger partial charge in [0.2, 0.25) is 0 Å². The molecule has 0 aromatic rings. The molecular weight excluding hydrogens is 242 g/mol. The van der Waals surface area contributed by atoms with Crippen LogP contribution >= 0.6 is 0 Å². The maximum Gasteiger partial charge on any atom is 0.315 e. The van der Waals surface area contributed by atoms with E-state index in [1.807, 2.05) is 27.7 Å². The molecule has 102 valence electrons. The van der Waals surface area contributed by atoms with Crippen molar-refractivity contribution in [3.8, 4) is 6.07 Å². The molecule has 3 rings (SSSR count). The molecule has 1 aliphatic heterocycles. The molecule has 0 amide bonds. The largest absolute Gasteiger partial charge is 0.458 e. The summed E-state index contributed by atoms with van der Waals surface area (Å²) in [6.45, 7) is 7.67. The van der Waals surface area contributed by atoms with Gasteiger partial charge < -0.3 is 4.74 Å². The monoisotopic (exact) mass is 261 g/mol. The Labute approximate surface area is 113 Å². The molecule has 19 heavy (non-hydrogen) atoms. The van der Waals surface area contributed by atoms with E-state index in [-0.39, 0.29) is 17.2 Å². The first-order valence-electron chi connectivity index (χ1n) is 6.84. The highest BCUT2D eigenvalue weighted by Crippen LogP contribution is 2.76. The predicted octanol–water partition coefficient (Wildman–Crippen LogP) is 2.23. The summed E-state index contributed by atoms with van der Waals surface area (Å²) in [5.74, 6) is -0.686. The lowest BCUT2D eigenvalue weighted by Crippen LogP contribution is -2.60. The summed E-state index contributed by atoms with van der Waals surface area (Å²) < 4.78 is 5.62. The number of carbonyl (C=O) groups excluding carboxylic acids is 2. The summed E-state index contributed by atoms with van der Waals surface area (Å²) in [5.41, 5.74) is -3.04. The van der Waals surface area contributed by atoms with Gasteiger partial charge in [-0.3, -0.25) is 9.59 Å². The molecule has 0 aromatic carbocycles. The Bertz CT molecular complexity index is 546. The second kappa shape index (κ2) is 3.03. The number of carbonyl (C=O) groups is 2. The first-order chi connectivity index (χ1) is 8.67. The van der Waals surface area contributed by atoms with Gasteiger partial charge in [-0.1, -0.05) is 13.8 Å². The molecule has 0 spiro atoms. The molecule has 4 atom stereocenters. The molecule has 2 saturated carbocycles. The molecule has 3 aliphatic rings. The molecule has 2 aliphatic carbocycles. The van der Waals surface area contributed by atoms with Crippen LogP contribution in [0.25, 0.3) is 0 Å². The Kier molecular flexibility index (Phi) is 2.02. The minimum atomic E-state index is -0.973. The van der Waals surface area contributed by atoms with E-state index in [4.69, 9.17) is 4.74 Å². The lowest BCUT2D eigenvalue weighted by atomic mass is 9.45. The number of hydrogen-bond donors (Lipinski definition) is 0. The fraction of sp³-hybridized carbons (Fsp3) is 0.800. The fourth-order valence-electron chi connectivity index (χ4n) is 5.24. The lowest BCUT2D eigenvalue weighted by molar-refractivity contribution is -0.171. The van der Waals surface area contributed by atoms with Crippen molar-refractivity contribution in [3.05, 3.63) is 0 Å². The van der Waals surface area contributed by atoms with Crippen LogP contribution in [0.1, 0.15) is 47.0 Å². The van der Waals surface area contributed by atoms with Gasteiger partial charge in [-0.15, -0.1) is 0 Å². The van der Waals surface area contributed by atoms with E-state index in [9.17, 15) is 14.9 Å². The second-order valence-electron chi connectivity index (χ2n) is 7.25. The summed E-state index contributed by atoms with van der Waals surface area (Å²) >= 11 is 0. The van der Waals surface area contributed by atoms with E-state index >= 15 is 0 Å². The van der Waals surface area contributed by atoms with Crippen molar-refractivity contribution in [1.82, 2.24) is 0 Å². The van der Waals surface area contributed by atoms with Gasteiger partial charge in [0.25, 0.3) is 0 Å². The Morgan fingerprint density at radius 2 is 1.89 bits per heavy atom. The van der Waals surface area contributed by atoms with Crippen molar-refractivity contribution in [2.45, 2.75) is 52.6 Å². The molecule has 1 heterocycles. The number of rotatable bonds is 0. The summed E-state index contributed by atoms with van der Waals surface area (Å²) in [4.78, 5) is 25.2. The van der Waals surface area contributed by atoms with Crippen LogP contribution < -0.4 is 0 Å². The number of esters is 1. The van der Waals surface area contributed by atoms with E-state index in [0.717, 1.165) is 0 Å². The normalized spacial score (nSPS) is 50.6. The van der Waals surface area contributed by atoms with E-state index in [0.29, 0.717) is 19.3 Å². The number of ketones is 1. The third-order valence-electron chi connectivity index (χ3n) is 6.36. The SMILES string of the molecule is CC1(C)CCC(=O)[C@@]2(C)[C@]3(C)C[C@@H](C#N)[C@]12C(=O)O3. The quantitative estimate of drug-likeness (QED) is 0.627. The van der Waals surface area contributed by atoms with Gasteiger partial charge in [-0.2, -0.15) is 5.26 Å². The zero-order valence-corrected chi connectivity index (χ0v) is 11.9. The van der Waals surface area contributed by atoms with E-state index in [1.165, 1.54) is 0 Å². The highest BCUT2D eigenvalue weighted by molar-refractivity contribution is 6.00. The summed E-state index contributed by atoms with van der Waals surface area (Å²) in [5, 5.41) is 9.52. The van der Waals surface area contributed by atoms with Crippen molar-refractivity contribution in [2.24, 2.45) is 22.2 Å². The molecule has 4 heteroatoms. The average Bonchev–Trinajstić information content (AvgIpc) is 2.64. The number of nitriles is 1. The minimum absolute atomic E-state index is 0.0814. The molecule has 2 bridgehead atoms. The molecule has 0 unspecified atom stereocenters. The molecule has 0 aromatic heterocycles. The number of nitrogens with zero attached hydrogens (tertiary/aromatic N) is 1. The van der Waals surface area contributed by atoms with Gasteiger partial charge in [0.15, 0.2) is 0 Å². The summed E-state index contributed by atoms with van der Waals surface area (Å²) in [6, 6.07) is 2.29. The van der Waals surface area contributed by atoms with Crippen LogP contribution in [-0.2, 0) is 14.3 Å². The van der Waals surface area contributed by atoms with E-state index in [2.05, 4.69) is 6.07 Å². The Balaban J connectivity index is 2.38. The molecule has 4 nitrogen and oxygen atoms in total. The van der Waals surface area contributed by atoms with Crippen LogP contribution in [0.4, 0.5) is 0 Å². The highest BCUT2D eigenvalue weighted by Gasteiger charge is 2.86. The topological polar surface area (TPSA) is 67.2 Å². The Morgan fingerprint density at radius 3 is 2.47 bits per heavy atom. The van der Waals surface area contributed by atoms with E-state index in [1.54, 1.807) is 0 Å². The van der Waals surface area contributed by atoms with E-state index < -0.39 is 22.3 Å². The zero-order chi connectivity index (χ0) is 14.3. The van der Waals surface area contributed by atoms with Crippen LogP contribution in [0.2, 0.25) is 0 Å². The highest BCUT2D eigenvalue weighted by atomic mass is 16.6.